The van der Waals surface area contributed by atoms with Crippen LogP contribution in [0.25, 0.3) is 0 Å². The third kappa shape index (κ3) is 1.77. The number of para-hydroxylation sites is 1. The van der Waals surface area contributed by atoms with E-state index in [-0.39, 0.29) is 17.6 Å². The van der Waals surface area contributed by atoms with Gasteiger partial charge < -0.3 is 0 Å². The number of anilines is 1. The molecule has 2 aliphatic carbocycles. The Balaban J connectivity index is 1.76. The number of rotatable bonds is 2. The zero-order valence-corrected chi connectivity index (χ0v) is 14.3. The highest BCUT2D eigenvalue weighted by atomic mass is 16.2. The summed E-state index contributed by atoms with van der Waals surface area (Å²) in [6.07, 6.45) is 2.44. The Morgan fingerprint density at radius 2 is 1.50 bits per heavy atom. The van der Waals surface area contributed by atoms with Gasteiger partial charge in [0.05, 0.1) is 6.04 Å². The molecule has 2 bridgehead atoms. The maximum atomic E-state index is 13.3. The zero-order valence-electron chi connectivity index (χ0n) is 14.3. The van der Waals surface area contributed by atoms with Gasteiger partial charge in [0, 0.05) is 11.6 Å². The van der Waals surface area contributed by atoms with Crippen LogP contribution in [0.4, 0.5) is 5.69 Å². The molecule has 4 unspecified atom stereocenters. The summed E-state index contributed by atoms with van der Waals surface area (Å²) in [5.74, 6) is -1.17. The van der Waals surface area contributed by atoms with E-state index in [0.29, 0.717) is 5.69 Å². The lowest BCUT2D eigenvalue weighted by Gasteiger charge is -2.38. The second-order valence-electron chi connectivity index (χ2n) is 7.59. The molecule has 1 amide bonds. The molecule has 3 aliphatic rings. The third-order valence-corrected chi connectivity index (χ3v) is 6.48. The van der Waals surface area contributed by atoms with Crippen molar-refractivity contribution in [3.63, 3.8) is 0 Å². The molecule has 130 valence electrons. The van der Waals surface area contributed by atoms with Crippen LogP contribution in [-0.4, -0.2) is 17.5 Å². The standard InChI is InChI=1S/C22H19NO3/c24-19-15-11-12-16(13-15)22(19)18(14-7-3-1-4-8-14)23(21(26)20(22)25)17-9-5-2-6-10-17/h1-10,15-16,18H,11-13H2. The van der Waals surface area contributed by atoms with Crippen molar-refractivity contribution >= 4 is 23.2 Å². The van der Waals surface area contributed by atoms with Crippen molar-refractivity contribution in [3.05, 3.63) is 66.2 Å². The SMILES string of the molecule is O=C1C(=O)C2(C(=O)C3CCC2C3)C(c2ccccc2)N1c1ccccc1. The Kier molecular flexibility index (Phi) is 3.20. The van der Waals surface area contributed by atoms with Gasteiger partial charge in [0.25, 0.3) is 5.91 Å². The lowest BCUT2D eigenvalue weighted by Crippen LogP contribution is -2.46. The van der Waals surface area contributed by atoms with Crippen LogP contribution in [0, 0.1) is 17.3 Å². The van der Waals surface area contributed by atoms with Gasteiger partial charge in [0.2, 0.25) is 5.78 Å². The number of ketones is 2. The summed E-state index contributed by atoms with van der Waals surface area (Å²) in [5.41, 5.74) is 0.320. The number of carbonyl (C=O) groups excluding carboxylic acids is 3. The Bertz CT molecular complexity index is 907. The van der Waals surface area contributed by atoms with Crippen LogP contribution in [0.3, 0.4) is 0 Å². The fraction of sp³-hybridized carbons (Fsp3) is 0.318. The molecular formula is C22H19NO3. The van der Waals surface area contributed by atoms with E-state index >= 15 is 0 Å². The van der Waals surface area contributed by atoms with Crippen LogP contribution >= 0.6 is 0 Å². The zero-order chi connectivity index (χ0) is 17.9. The molecule has 4 atom stereocenters. The lowest BCUT2D eigenvalue weighted by molar-refractivity contribution is -0.147. The topological polar surface area (TPSA) is 54.5 Å². The van der Waals surface area contributed by atoms with Crippen molar-refractivity contribution < 1.29 is 14.4 Å². The monoisotopic (exact) mass is 345 g/mol. The summed E-state index contributed by atoms with van der Waals surface area (Å²) in [4.78, 5) is 41.3. The van der Waals surface area contributed by atoms with Crippen molar-refractivity contribution in [2.24, 2.45) is 17.3 Å². The lowest BCUT2D eigenvalue weighted by atomic mass is 9.65. The largest absolute Gasteiger partial charge is 0.298 e. The van der Waals surface area contributed by atoms with Crippen molar-refractivity contribution in [1.82, 2.24) is 0 Å². The second kappa shape index (κ2) is 5.37. The molecule has 2 saturated carbocycles. The number of benzene rings is 2. The van der Waals surface area contributed by atoms with Crippen LogP contribution in [-0.2, 0) is 14.4 Å². The van der Waals surface area contributed by atoms with E-state index in [0.717, 1.165) is 24.8 Å². The van der Waals surface area contributed by atoms with E-state index in [2.05, 4.69) is 0 Å². The van der Waals surface area contributed by atoms with E-state index in [1.54, 1.807) is 4.90 Å². The number of Topliss-reactive ketones (excluding diaryl/α,β-unsaturated/α-hetero) is 2. The highest BCUT2D eigenvalue weighted by Crippen LogP contribution is 2.63. The summed E-state index contributed by atoms with van der Waals surface area (Å²) < 4.78 is 0. The molecule has 4 nitrogen and oxygen atoms in total. The fourth-order valence-corrected chi connectivity index (χ4v) is 5.46. The van der Waals surface area contributed by atoms with Gasteiger partial charge in [0.15, 0.2) is 5.78 Å². The van der Waals surface area contributed by atoms with E-state index < -0.39 is 23.1 Å². The average Bonchev–Trinajstić information content (AvgIpc) is 3.33. The maximum absolute atomic E-state index is 13.3. The average molecular weight is 345 g/mol. The van der Waals surface area contributed by atoms with Gasteiger partial charge in [-0.1, -0.05) is 48.5 Å². The van der Waals surface area contributed by atoms with Crippen LogP contribution in [0.2, 0.25) is 0 Å². The normalized spacial score (nSPS) is 32.8. The summed E-state index contributed by atoms with van der Waals surface area (Å²) in [5, 5.41) is 0. The van der Waals surface area contributed by atoms with E-state index in [4.69, 9.17) is 0 Å². The van der Waals surface area contributed by atoms with Gasteiger partial charge in [0.1, 0.15) is 5.41 Å². The Labute approximate surface area is 151 Å². The smallest absolute Gasteiger partial charge is 0.296 e. The third-order valence-electron chi connectivity index (χ3n) is 6.48. The number of fused-ring (bicyclic) bond motifs is 3. The van der Waals surface area contributed by atoms with E-state index in [1.807, 2.05) is 60.7 Å². The summed E-state index contributed by atoms with van der Waals surface area (Å²) >= 11 is 0. The van der Waals surface area contributed by atoms with E-state index in [1.165, 1.54) is 0 Å². The first-order chi connectivity index (χ1) is 12.7. The van der Waals surface area contributed by atoms with Gasteiger partial charge in [-0.05, 0) is 42.9 Å². The first kappa shape index (κ1) is 15.5. The van der Waals surface area contributed by atoms with Crippen LogP contribution in [0.1, 0.15) is 30.9 Å². The molecule has 1 saturated heterocycles. The number of hydrogen-bond acceptors (Lipinski definition) is 3. The Morgan fingerprint density at radius 3 is 2.12 bits per heavy atom. The molecule has 1 heterocycles. The molecule has 26 heavy (non-hydrogen) atoms. The molecule has 1 spiro atoms. The van der Waals surface area contributed by atoms with Crippen LogP contribution in [0.15, 0.2) is 60.7 Å². The predicted octanol–water partition coefficient (Wildman–Crippen LogP) is 3.33. The number of hydrogen-bond donors (Lipinski definition) is 0. The maximum Gasteiger partial charge on any atom is 0.296 e. The molecule has 0 N–H and O–H groups in total. The summed E-state index contributed by atoms with van der Waals surface area (Å²) in [7, 11) is 0. The van der Waals surface area contributed by atoms with E-state index in [9.17, 15) is 14.4 Å². The van der Waals surface area contributed by atoms with Gasteiger partial charge in [-0.25, -0.2) is 0 Å². The molecule has 0 aromatic heterocycles. The minimum atomic E-state index is -1.21. The highest BCUT2D eigenvalue weighted by molar-refractivity contribution is 6.50. The number of amides is 1. The van der Waals surface area contributed by atoms with Crippen molar-refractivity contribution in [1.29, 1.82) is 0 Å². The molecule has 5 rings (SSSR count). The van der Waals surface area contributed by atoms with Crippen molar-refractivity contribution in [3.8, 4) is 0 Å². The number of carbonyl (C=O) groups is 3. The first-order valence-corrected chi connectivity index (χ1v) is 9.18. The fourth-order valence-electron chi connectivity index (χ4n) is 5.46. The Morgan fingerprint density at radius 1 is 0.846 bits per heavy atom. The van der Waals surface area contributed by atoms with Gasteiger partial charge in [-0.3, -0.25) is 19.3 Å². The summed E-state index contributed by atoms with van der Waals surface area (Å²) in [6, 6.07) is 18.2. The van der Waals surface area contributed by atoms with Crippen molar-refractivity contribution in [2.45, 2.75) is 25.3 Å². The van der Waals surface area contributed by atoms with Crippen LogP contribution in [0.5, 0.6) is 0 Å². The minimum Gasteiger partial charge on any atom is -0.298 e. The summed E-state index contributed by atoms with van der Waals surface area (Å²) in [6.45, 7) is 0. The first-order valence-electron chi connectivity index (χ1n) is 9.18. The highest BCUT2D eigenvalue weighted by Gasteiger charge is 2.72. The number of nitrogens with zero attached hydrogens (tertiary/aromatic N) is 1. The van der Waals surface area contributed by atoms with Gasteiger partial charge in [-0.2, -0.15) is 0 Å². The predicted molar refractivity (Wildman–Crippen MR) is 96.4 cm³/mol. The minimum absolute atomic E-state index is 0.0145. The molecule has 2 aromatic rings. The van der Waals surface area contributed by atoms with Gasteiger partial charge in [-0.15, -0.1) is 0 Å². The van der Waals surface area contributed by atoms with Crippen LogP contribution < -0.4 is 4.90 Å². The molecule has 1 aliphatic heterocycles. The molecular weight excluding hydrogens is 326 g/mol. The molecule has 0 radical (unpaired) electrons. The second-order valence-corrected chi connectivity index (χ2v) is 7.59. The Hall–Kier alpha value is -2.75. The van der Waals surface area contributed by atoms with Gasteiger partial charge >= 0.3 is 0 Å². The quantitative estimate of drug-likeness (QED) is 0.620. The molecule has 4 heteroatoms. The van der Waals surface area contributed by atoms with Crippen molar-refractivity contribution in [2.75, 3.05) is 4.90 Å². The molecule has 3 fully saturated rings. The molecule has 2 aromatic carbocycles.